The number of carbonyl (C=O) groups excluding carboxylic acids is 1. The van der Waals surface area contributed by atoms with Crippen LogP contribution in [0, 0.1) is 11.8 Å². The van der Waals surface area contributed by atoms with Crippen LogP contribution in [0.25, 0.3) is 0 Å². The molecule has 26 heavy (non-hydrogen) atoms. The molecule has 1 atom stereocenters. The summed E-state index contributed by atoms with van der Waals surface area (Å²) in [4.78, 5) is 12.9. The number of rotatable bonds is 7. The summed E-state index contributed by atoms with van der Waals surface area (Å²) in [6.07, 6.45) is 2.60. The largest absolute Gasteiger partial charge is 0.369 e. The third-order valence-corrected chi connectivity index (χ3v) is 5.43. The van der Waals surface area contributed by atoms with Crippen LogP contribution in [-0.2, 0) is 17.8 Å². The average molecular weight is 357 g/mol. The molecule has 2 heterocycles. The molecule has 2 aromatic rings. The Bertz CT molecular complexity index is 706. The van der Waals surface area contributed by atoms with E-state index in [4.69, 9.17) is 5.73 Å². The van der Waals surface area contributed by atoms with E-state index in [1.165, 1.54) is 10.5 Å². The molecular weight excluding hydrogens is 328 g/mol. The second-order valence-corrected chi connectivity index (χ2v) is 7.55. The van der Waals surface area contributed by atoms with Crippen molar-refractivity contribution in [1.82, 2.24) is 20.2 Å². The normalized spacial score (nSPS) is 21.7. The number of aryl methyl sites for hydroxylation is 2. The standard InChI is InChI=1S/C19H28N6O/c1-14(2)17(24-11-9-16(10-12-24)18(20)26)19-21-22-23-25(19)13-8-15-6-4-3-5-7-15/h3-7,14,16-17H,8-13H2,1-2H3,(H2,20,26)/p+1/t17-/m1/s1. The molecule has 1 fully saturated rings. The molecule has 7 heteroatoms. The number of benzene rings is 1. The molecule has 3 N–H and O–H groups in total. The number of carbonyl (C=O) groups is 1. The van der Waals surface area contributed by atoms with E-state index in [2.05, 4.69) is 53.6 Å². The van der Waals surface area contributed by atoms with Crippen LogP contribution in [0.5, 0.6) is 0 Å². The van der Waals surface area contributed by atoms with Crippen LogP contribution in [0.2, 0.25) is 0 Å². The summed E-state index contributed by atoms with van der Waals surface area (Å²) in [5, 5.41) is 12.6. The van der Waals surface area contributed by atoms with Gasteiger partial charge in [0.25, 0.3) is 0 Å². The summed E-state index contributed by atoms with van der Waals surface area (Å²) in [6.45, 7) is 7.07. The molecule has 0 bridgehead atoms. The monoisotopic (exact) mass is 357 g/mol. The van der Waals surface area contributed by atoms with Crippen LogP contribution in [0.3, 0.4) is 0 Å². The molecule has 3 rings (SSSR count). The van der Waals surface area contributed by atoms with Crippen molar-refractivity contribution >= 4 is 5.91 Å². The smallest absolute Gasteiger partial charge is 0.220 e. The molecule has 0 aliphatic carbocycles. The Labute approximate surface area is 154 Å². The topological polar surface area (TPSA) is 91.1 Å². The second-order valence-electron chi connectivity index (χ2n) is 7.55. The summed E-state index contributed by atoms with van der Waals surface area (Å²) in [7, 11) is 0. The average Bonchev–Trinajstić information content (AvgIpc) is 3.09. The number of aromatic nitrogens is 4. The lowest BCUT2D eigenvalue weighted by Gasteiger charge is -2.35. The predicted molar refractivity (Wildman–Crippen MR) is 98.2 cm³/mol. The number of quaternary nitrogens is 1. The van der Waals surface area contributed by atoms with Gasteiger partial charge in [-0.25, -0.2) is 4.68 Å². The number of hydrogen-bond donors (Lipinski definition) is 2. The van der Waals surface area contributed by atoms with Gasteiger partial charge in [0.15, 0.2) is 6.04 Å². The van der Waals surface area contributed by atoms with Crippen molar-refractivity contribution in [2.24, 2.45) is 17.6 Å². The minimum Gasteiger partial charge on any atom is -0.369 e. The molecule has 7 nitrogen and oxygen atoms in total. The number of hydrogen-bond acceptors (Lipinski definition) is 4. The molecule has 0 radical (unpaired) electrons. The van der Waals surface area contributed by atoms with E-state index in [0.717, 1.165) is 44.7 Å². The van der Waals surface area contributed by atoms with Crippen molar-refractivity contribution in [1.29, 1.82) is 0 Å². The minimum atomic E-state index is -0.169. The number of nitrogens with one attached hydrogen (secondary N) is 1. The van der Waals surface area contributed by atoms with E-state index in [9.17, 15) is 4.79 Å². The Morgan fingerprint density at radius 3 is 2.58 bits per heavy atom. The zero-order valence-electron chi connectivity index (χ0n) is 15.6. The Kier molecular flexibility index (Phi) is 5.98. The number of likely N-dealkylation sites (tertiary alicyclic amines) is 1. The first-order chi connectivity index (χ1) is 12.6. The number of tetrazole rings is 1. The maximum absolute atomic E-state index is 11.4. The number of amides is 1. The van der Waals surface area contributed by atoms with Crippen molar-refractivity contribution in [3.63, 3.8) is 0 Å². The van der Waals surface area contributed by atoms with Gasteiger partial charge < -0.3 is 10.6 Å². The Balaban J connectivity index is 1.71. The number of nitrogens with zero attached hydrogens (tertiary/aromatic N) is 4. The molecule has 1 aromatic carbocycles. The van der Waals surface area contributed by atoms with Gasteiger partial charge in [0, 0.05) is 31.2 Å². The fourth-order valence-electron chi connectivity index (χ4n) is 4.01. The number of piperidine rings is 1. The minimum absolute atomic E-state index is 0.0145. The van der Waals surface area contributed by atoms with Gasteiger partial charge in [-0.2, -0.15) is 0 Å². The Morgan fingerprint density at radius 2 is 1.96 bits per heavy atom. The van der Waals surface area contributed by atoms with Crippen LogP contribution < -0.4 is 10.6 Å². The van der Waals surface area contributed by atoms with Crippen molar-refractivity contribution in [2.75, 3.05) is 13.1 Å². The van der Waals surface area contributed by atoms with Crippen molar-refractivity contribution < 1.29 is 9.69 Å². The first-order valence-electron chi connectivity index (χ1n) is 9.50. The lowest BCUT2D eigenvalue weighted by atomic mass is 9.92. The molecule has 1 amide bonds. The van der Waals surface area contributed by atoms with E-state index in [1.807, 2.05) is 10.7 Å². The molecule has 1 aromatic heterocycles. The summed E-state index contributed by atoms with van der Waals surface area (Å²) in [6, 6.07) is 10.6. The van der Waals surface area contributed by atoms with Gasteiger partial charge in [-0.05, 0) is 22.4 Å². The summed E-state index contributed by atoms with van der Waals surface area (Å²) < 4.78 is 1.95. The number of nitrogens with two attached hydrogens (primary N) is 1. The quantitative estimate of drug-likeness (QED) is 0.750. The number of primary amides is 1. The van der Waals surface area contributed by atoms with Crippen LogP contribution >= 0.6 is 0 Å². The molecule has 140 valence electrons. The first-order valence-corrected chi connectivity index (χ1v) is 9.50. The summed E-state index contributed by atoms with van der Waals surface area (Å²) in [5.74, 6) is 1.21. The third kappa shape index (κ3) is 4.27. The third-order valence-electron chi connectivity index (χ3n) is 5.43. The van der Waals surface area contributed by atoms with Crippen molar-refractivity contribution in [3.8, 4) is 0 Å². The maximum Gasteiger partial charge on any atom is 0.220 e. The lowest BCUT2D eigenvalue weighted by molar-refractivity contribution is -0.941. The van der Waals surface area contributed by atoms with E-state index < -0.39 is 0 Å². The van der Waals surface area contributed by atoms with E-state index >= 15 is 0 Å². The van der Waals surface area contributed by atoms with Crippen LogP contribution in [-0.4, -0.2) is 39.2 Å². The van der Waals surface area contributed by atoms with Crippen LogP contribution in [0.1, 0.15) is 44.1 Å². The zero-order chi connectivity index (χ0) is 18.5. The molecule has 0 spiro atoms. The van der Waals surface area contributed by atoms with Crippen molar-refractivity contribution in [3.05, 3.63) is 41.7 Å². The Hall–Kier alpha value is -2.28. The van der Waals surface area contributed by atoms with E-state index in [-0.39, 0.29) is 17.9 Å². The molecule has 1 aliphatic rings. The van der Waals surface area contributed by atoms with Gasteiger partial charge in [0.1, 0.15) is 0 Å². The fraction of sp³-hybridized carbons (Fsp3) is 0.579. The highest BCUT2D eigenvalue weighted by Gasteiger charge is 2.36. The predicted octanol–water partition coefficient (Wildman–Crippen LogP) is 0.393. The van der Waals surface area contributed by atoms with Crippen LogP contribution in [0.15, 0.2) is 30.3 Å². The highest BCUT2D eigenvalue weighted by Crippen LogP contribution is 2.19. The zero-order valence-corrected chi connectivity index (χ0v) is 15.6. The molecular formula is C19H29N6O+. The van der Waals surface area contributed by atoms with Crippen molar-refractivity contribution in [2.45, 2.75) is 45.7 Å². The highest BCUT2D eigenvalue weighted by molar-refractivity contribution is 5.76. The lowest BCUT2D eigenvalue weighted by Crippen LogP contribution is -3.14. The first kappa shape index (κ1) is 18.5. The highest BCUT2D eigenvalue weighted by atomic mass is 16.1. The van der Waals surface area contributed by atoms with E-state index in [1.54, 1.807) is 0 Å². The summed E-state index contributed by atoms with van der Waals surface area (Å²) >= 11 is 0. The molecule has 1 aliphatic heterocycles. The van der Waals surface area contributed by atoms with Gasteiger partial charge in [-0.3, -0.25) is 4.79 Å². The molecule has 1 saturated heterocycles. The van der Waals surface area contributed by atoms with Crippen LogP contribution in [0.4, 0.5) is 0 Å². The molecule has 0 saturated carbocycles. The van der Waals surface area contributed by atoms with Gasteiger partial charge in [-0.1, -0.05) is 44.2 Å². The SMILES string of the molecule is CC(C)[C@H](c1nnnn1CCc1ccccc1)[NH+]1CCC(C(N)=O)CC1. The van der Waals surface area contributed by atoms with Gasteiger partial charge in [-0.15, -0.1) is 5.10 Å². The fourth-order valence-corrected chi connectivity index (χ4v) is 4.01. The Morgan fingerprint density at radius 1 is 1.27 bits per heavy atom. The summed E-state index contributed by atoms with van der Waals surface area (Å²) in [5.41, 5.74) is 6.76. The molecule has 0 unspecified atom stereocenters. The maximum atomic E-state index is 11.4. The second kappa shape index (κ2) is 8.40. The van der Waals surface area contributed by atoms with Gasteiger partial charge in [0.2, 0.25) is 11.7 Å². The van der Waals surface area contributed by atoms with Gasteiger partial charge in [0.05, 0.1) is 13.1 Å². The van der Waals surface area contributed by atoms with E-state index in [0.29, 0.717) is 5.92 Å². The van der Waals surface area contributed by atoms with Gasteiger partial charge >= 0.3 is 0 Å².